The first-order valence-corrected chi connectivity index (χ1v) is 7.18. The van der Waals surface area contributed by atoms with E-state index in [-0.39, 0.29) is 26.2 Å². The van der Waals surface area contributed by atoms with Crippen molar-refractivity contribution in [1.82, 2.24) is 0 Å². The van der Waals surface area contributed by atoms with E-state index in [9.17, 15) is 14.9 Å². The molecule has 1 amide bonds. The van der Waals surface area contributed by atoms with Gasteiger partial charge >= 0.3 is 0 Å². The van der Waals surface area contributed by atoms with Crippen LogP contribution in [0.25, 0.3) is 0 Å². The lowest BCUT2D eigenvalue weighted by Crippen LogP contribution is -2.12. The number of hydrogen-bond acceptors (Lipinski definition) is 4. The van der Waals surface area contributed by atoms with Gasteiger partial charge in [0.1, 0.15) is 4.90 Å². The summed E-state index contributed by atoms with van der Waals surface area (Å²) in [6.45, 7) is 0. The van der Waals surface area contributed by atoms with Crippen molar-refractivity contribution in [2.24, 2.45) is 5.73 Å². The smallest absolute Gasteiger partial charge is 0.284 e. The third kappa shape index (κ3) is 3.29. The van der Waals surface area contributed by atoms with Gasteiger partial charge in [-0.1, -0.05) is 47.1 Å². The fourth-order valence-electron chi connectivity index (χ4n) is 1.68. The van der Waals surface area contributed by atoms with E-state index in [0.717, 1.165) is 11.8 Å². The van der Waals surface area contributed by atoms with Crippen molar-refractivity contribution in [3.63, 3.8) is 0 Å². The van der Waals surface area contributed by atoms with E-state index in [1.807, 2.05) is 0 Å². The minimum Gasteiger partial charge on any atom is -0.366 e. The third-order valence-corrected chi connectivity index (χ3v) is 4.51. The number of nitrogens with zero attached hydrogens (tertiary/aromatic N) is 1. The molecule has 21 heavy (non-hydrogen) atoms. The van der Waals surface area contributed by atoms with Crippen LogP contribution in [0.2, 0.25) is 10.0 Å². The number of hydrogen-bond donors (Lipinski definition) is 1. The molecule has 0 aliphatic carbocycles. The highest BCUT2D eigenvalue weighted by atomic mass is 35.5. The van der Waals surface area contributed by atoms with Crippen molar-refractivity contribution in [2.75, 3.05) is 0 Å². The number of nitro benzene ring substituents is 1. The first-order valence-electron chi connectivity index (χ1n) is 5.61. The normalized spacial score (nSPS) is 10.4. The van der Waals surface area contributed by atoms with Crippen molar-refractivity contribution in [3.8, 4) is 0 Å². The Morgan fingerprint density at radius 2 is 1.76 bits per heavy atom. The Balaban J connectivity index is 2.56. The SMILES string of the molecule is NC(=O)c1c(Cl)cccc1Sc1c(Cl)cccc1[N+](=O)[O-]. The highest BCUT2D eigenvalue weighted by Crippen LogP contribution is 2.42. The van der Waals surface area contributed by atoms with Crippen molar-refractivity contribution in [3.05, 3.63) is 62.1 Å². The molecule has 2 N–H and O–H groups in total. The highest BCUT2D eigenvalue weighted by molar-refractivity contribution is 7.99. The Morgan fingerprint density at radius 1 is 1.14 bits per heavy atom. The van der Waals surface area contributed by atoms with Crippen molar-refractivity contribution >= 4 is 46.6 Å². The third-order valence-electron chi connectivity index (χ3n) is 2.58. The van der Waals surface area contributed by atoms with Crippen LogP contribution >= 0.6 is 35.0 Å². The molecule has 0 bridgehead atoms. The van der Waals surface area contributed by atoms with Gasteiger partial charge in [0.05, 0.1) is 20.5 Å². The van der Waals surface area contributed by atoms with Crippen LogP contribution < -0.4 is 5.73 Å². The van der Waals surface area contributed by atoms with Crippen LogP contribution in [0.5, 0.6) is 0 Å². The van der Waals surface area contributed by atoms with Gasteiger partial charge in [0.25, 0.3) is 11.6 Å². The van der Waals surface area contributed by atoms with E-state index in [1.165, 1.54) is 24.3 Å². The van der Waals surface area contributed by atoms with E-state index in [0.29, 0.717) is 4.90 Å². The van der Waals surface area contributed by atoms with Crippen molar-refractivity contribution < 1.29 is 9.72 Å². The number of amides is 1. The molecule has 0 aromatic heterocycles. The van der Waals surface area contributed by atoms with Crippen LogP contribution in [0.15, 0.2) is 46.2 Å². The lowest BCUT2D eigenvalue weighted by molar-refractivity contribution is -0.387. The molecule has 5 nitrogen and oxygen atoms in total. The molecule has 8 heteroatoms. The van der Waals surface area contributed by atoms with Crippen LogP contribution in [-0.4, -0.2) is 10.8 Å². The number of carbonyl (C=O) groups excluding carboxylic acids is 1. The van der Waals surface area contributed by atoms with Crippen LogP contribution in [0, 0.1) is 10.1 Å². The van der Waals surface area contributed by atoms with Gasteiger partial charge in [0, 0.05) is 11.0 Å². The average Bonchev–Trinajstić information content (AvgIpc) is 2.40. The molecule has 0 spiro atoms. The first-order chi connectivity index (χ1) is 9.91. The molecule has 0 heterocycles. The summed E-state index contributed by atoms with van der Waals surface area (Å²) >= 11 is 13.0. The average molecular weight is 343 g/mol. The minimum atomic E-state index is -0.710. The molecule has 0 atom stereocenters. The Hall–Kier alpha value is -1.76. The first kappa shape index (κ1) is 15.6. The number of rotatable bonds is 4. The van der Waals surface area contributed by atoms with Gasteiger partial charge in [0.2, 0.25) is 0 Å². The van der Waals surface area contributed by atoms with Gasteiger partial charge in [-0.3, -0.25) is 14.9 Å². The van der Waals surface area contributed by atoms with Gasteiger partial charge in [-0.2, -0.15) is 0 Å². The number of halogens is 2. The minimum absolute atomic E-state index is 0.110. The summed E-state index contributed by atoms with van der Waals surface area (Å²) in [5.74, 6) is -0.710. The molecule has 2 aromatic rings. The molecular formula is C13H8Cl2N2O3S. The lowest BCUT2D eigenvalue weighted by Gasteiger charge is -2.09. The fourth-order valence-corrected chi connectivity index (χ4v) is 3.38. The van der Waals surface area contributed by atoms with Gasteiger partial charge in [-0.25, -0.2) is 0 Å². The summed E-state index contributed by atoms with van der Waals surface area (Å²) in [6.07, 6.45) is 0. The summed E-state index contributed by atoms with van der Waals surface area (Å²) in [4.78, 5) is 22.7. The maximum atomic E-state index is 11.5. The number of carbonyl (C=O) groups is 1. The number of nitrogens with two attached hydrogens (primary N) is 1. The van der Waals surface area contributed by atoms with Crippen molar-refractivity contribution in [1.29, 1.82) is 0 Å². The van der Waals surface area contributed by atoms with E-state index in [2.05, 4.69) is 0 Å². The van der Waals surface area contributed by atoms with E-state index >= 15 is 0 Å². The zero-order valence-corrected chi connectivity index (χ0v) is 12.7. The molecule has 0 saturated heterocycles. The van der Waals surface area contributed by atoms with E-state index in [4.69, 9.17) is 28.9 Å². The van der Waals surface area contributed by atoms with Gasteiger partial charge in [0.15, 0.2) is 0 Å². The topological polar surface area (TPSA) is 86.2 Å². The summed E-state index contributed by atoms with van der Waals surface area (Å²) in [5, 5.41) is 11.5. The Bertz CT molecular complexity index is 737. The Kier molecular flexibility index (Phi) is 4.72. The summed E-state index contributed by atoms with van der Waals surface area (Å²) in [6, 6.07) is 9.10. The molecule has 0 aliphatic heterocycles. The molecule has 2 aromatic carbocycles. The molecule has 0 fully saturated rings. The lowest BCUT2D eigenvalue weighted by atomic mass is 10.2. The number of nitro groups is 1. The Labute approximate surface area is 134 Å². The second-order valence-electron chi connectivity index (χ2n) is 3.92. The van der Waals surface area contributed by atoms with E-state index in [1.54, 1.807) is 12.1 Å². The molecular weight excluding hydrogens is 335 g/mol. The zero-order valence-electron chi connectivity index (χ0n) is 10.4. The van der Waals surface area contributed by atoms with E-state index < -0.39 is 10.8 Å². The summed E-state index contributed by atoms with van der Waals surface area (Å²) in [7, 11) is 0. The fraction of sp³-hybridized carbons (Fsp3) is 0. The predicted octanol–water partition coefficient (Wildman–Crippen LogP) is 4.15. The second-order valence-corrected chi connectivity index (χ2v) is 5.79. The maximum absolute atomic E-state index is 11.5. The summed E-state index contributed by atoms with van der Waals surface area (Å²) in [5.41, 5.74) is 5.26. The van der Waals surface area contributed by atoms with Gasteiger partial charge in [-0.05, 0) is 18.2 Å². The second kappa shape index (κ2) is 6.34. The summed E-state index contributed by atoms with van der Waals surface area (Å²) < 4.78 is 0. The quantitative estimate of drug-likeness (QED) is 0.667. The van der Waals surface area contributed by atoms with Gasteiger partial charge in [-0.15, -0.1) is 0 Å². The van der Waals surface area contributed by atoms with Crippen LogP contribution in [-0.2, 0) is 0 Å². The van der Waals surface area contributed by atoms with Crippen molar-refractivity contribution in [2.45, 2.75) is 9.79 Å². The zero-order chi connectivity index (χ0) is 15.6. The molecule has 108 valence electrons. The standard InChI is InChI=1S/C13H8Cl2N2O3S/c14-7-3-2-6-10(11(7)13(16)18)21-12-8(15)4-1-5-9(12)17(19)20/h1-6H,(H2,16,18). The number of benzene rings is 2. The largest absolute Gasteiger partial charge is 0.366 e. The molecule has 0 radical (unpaired) electrons. The highest BCUT2D eigenvalue weighted by Gasteiger charge is 2.21. The maximum Gasteiger partial charge on any atom is 0.284 e. The molecule has 0 unspecified atom stereocenters. The van der Waals surface area contributed by atoms with Crippen LogP contribution in [0.4, 0.5) is 5.69 Å². The predicted molar refractivity (Wildman–Crippen MR) is 82.2 cm³/mol. The number of primary amides is 1. The van der Waals surface area contributed by atoms with Gasteiger partial charge < -0.3 is 5.73 Å². The molecule has 0 aliphatic rings. The molecule has 2 rings (SSSR count). The molecule has 0 saturated carbocycles. The van der Waals surface area contributed by atoms with Crippen LogP contribution in [0.3, 0.4) is 0 Å². The Morgan fingerprint density at radius 3 is 2.38 bits per heavy atom. The van der Waals surface area contributed by atoms with Crippen LogP contribution in [0.1, 0.15) is 10.4 Å². The monoisotopic (exact) mass is 342 g/mol.